The fourth-order valence-electron chi connectivity index (χ4n) is 4.73. The Morgan fingerprint density at radius 3 is 2.57 bits per heavy atom. The summed E-state index contributed by atoms with van der Waals surface area (Å²) >= 11 is -0.659. The molecule has 3 heterocycles. The molecule has 35 heavy (non-hydrogen) atoms. The van der Waals surface area contributed by atoms with Crippen LogP contribution < -0.4 is 17.3 Å². The summed E-state index contributed by atoms with van der Waals surface area (Å²) in [5.74, 6) is 2.04. The van der Waals surface area contributed by atoms with Crippen molar-refractivity contribution in [2.45, 2.75) is 44.2 Å². The van der Waals surface area contributed by atoms with Crippen LogP contribution >= 0.6 is 12.0 Å². The van der Waals surface area contributed by atoms with Crippen LogP contribution in [0.3, 0.4) is 0 Å². The Labute approximate surface area is 211 Å². The van der Waals surface area contributed by atoms with E-state index in [4.69, 9.17) is 17.3 Å². The maximum atomic E-state index is 13.5. The van der Waals surface area contributed by atoms with Crippen LogP contribution in [0.2, 0.25) is 0 Å². The average Bonchev–Trinajstić information content (AvgIpc) is 3.24. The summed E-state index contributed by atoms with van der Waals surface area (Å²) in [6.45, 7) is 5.73. The lowest BCUT2D eigenvalue weighted by molar-refractivity contribution is 0.160. The summed E-state index contributed by atoms with van der Waals surface area (Å²) in [5, 5.41) is 0. The van der Waals surface area contributed by atoms with Gasteiger partial charge in [0, 0.05) is 19.1 Å². The Morgan fingerprint density at radius 2 is 1.80 bits per heavy atom. The van der Waals surface area contributed by atoms with Gasteiger partial charge in [-0.05, 0) is 77.6 Å². The van der Waals surface area contributed by atoms with E-state index >= 15 is 0 Å². The standard InChI is InChI=1S/C24H20FNO5S2.C2H6/c1-28-21-10-16-13-26-6-5-14-8-23-24(31-33(27)30-23)12-19(14)20(26)7-15(16)9-22(21)29-32-18-4-2-3-17(25)11-18;1-2/h2-4,8-12,20H,5-7,13H2,1H3;1-2H3. The van der Waals surface area contributed by atoms with E-state index in [2.05, 4.69) is 4.90 Å². The highest BCUT2D eigenvalue weighted by Crippen LogP contribution is 2.46. The van der Waals surface area contributed by atoms with Gasteiger partial charge in [0.05, 0.1) is 24.0 Å². The SMILES string of the molecule is CC.COc1cc2c(cc1OSc1cccc(F)c1)CC1c3cc4c(cc3CCN1C2)OS(=O)O4. The minimum absolute atomic E-state index is 0.182. The van der Waals surface area contributed by atoms with E-state index in [0.717, 1.165) is 38.0 Å². The maximum absolute atomic E-state index is 13.5. The van der Waals surface area contributed by atoms with Gasteiger partial charge >= 0.3 is 11.4 Å². The van der Waals surface area contributed by atoms with E-state index in [0.29, 0.717) is 27.9 Å². The number of benzene rings is 3. The van der Waals surface area contributed by atoms with Gasteiger partial charge in [-0.3, -0.25) is 4.90 Å². The molecule has 0 aromatic heterocycles. The molecule has 0 fully saturated rings. The Morgan fingerprint density at radius 1 is 1.03 bits per heavy atom. The molecule has 0 aliphatic carbocycles. The van der Waals surface area contributed by atoms with Gasteiger partial charge in [-0.15, -0.1) is 0 Å². The van der Waals surface area contributed by atoms with Gasteiger partial charge in [-0.2, -0.15) is 4.21 Å². The third-order valence-electron chi connectivity index (χ3n) is 6.29. The first kappa shape index (κ1) is 24.0. The molecule has 0 amide bonds. The zero-order valence-electron chi connectivity index (χ0n) is 19.7. The van der Waals surface area contributed by atoms with E-state index in [1.165, 1.54) is 34.4 Å². The predicted molar refractivity (Wildman–Crippen MR) is 134 cm³/mol. The highest BCUT2D eigenvalue weighted by atomic mass is 32.2. The predicted octanol–water partition coefficient (Wildman–Crippen LogP) is 5.95. The zero-order chi connectivity index (χ0) is 24.5. The van der Waals surface area contributed by atoms with E-state index < -0.39 is 11.4 Å². The molecule has 0 radical (unpaired) electrons. The van der Waals surface area contributed by atoms with E-state index in [9.17, 15) is 8.60 Å². The Bertz CT molecular complexity index is 1280. The first-order valence-electron chi connectivity index (χ1n) is 11.6. The summed E-state index contributed by atoms with van der Waals surface area (Å²) in [7, 11) is 1.62. The van der Waals surface area contributed by atoms with E-state index in [1.54, 1.807) is 19.2 Å². The molecular formula is C26H26FNO5S2. The first-order chi connectivity index (χ1) is 17.1. The number of methoxy groups -OCH3 is 1. The van der Waals surface area contributed by atoms with Crippen LogP contribution in [-0.2, 0) is 30.7 Å². The Hall–Kier alpha value is -2.75. The lowest BCUT2D eigenvalue weighted by Gasteiger charge is -2.41. The summed E-state index contributed by atoms with van der Waals surface area (Å²) in [6, 6.07) is 14.5. The lowest BCUT2D eigenvalue weighted by Crippen LogP contribution is -2.39. The average molecular weight is 516 g/mol. The van der Waals surface area contributed by atoms with Crippen molar-refractivity contribution in [3.05, 3.63) is 76.6 Å². The monoisotopic (exact) mass is 515 g/mol. The molecule has 0 spiro atoms. The van der Waals surface area contributed by atoms with E-state index in [1.807, 2.05) is 38.1 Å². The largest absolute Gasteiger partial charge is 0.493 e. The topological polar surface area (TPSA) is 57.2 Å². The fourth-order valence-corrected chi connectivity index (χ4v) is 5.93. The highest BCUT2D eigenvalue weighted by Gasteiger charge is 2.35. The van der Waals surface area contributed by atoms with Crippen LogP contribution in [0.25, 0.3) is 0 Å². The normalized spacial score (nSPS) is 19.5. The van der Waals surface area contributed by atoms with Crippen molar-refractivity contribution in [2.75, 3.05) is 13.7 Å². The minimum atomic E-state index is -1.76. The lowest BCUT2D eigenvalue weighted by atomic mass is 9.83. The van der Waals surface area contributed by atoms with Crippen LogP contribution in [0, 0.1) is 5.82 Å². The van der Waals surface area contributed by atoms with Crippen molar-refractivity contribution < 1.29 is 25.9 Å². The van der Waals surface area contributed by atoms with Gasteiger partial charge in [0.15, 0.2) is 23.0 Å². The van der Waals surface area contributed by atoms with Crippen LogP contribution in [0.1, 0.15) is 42.1 Å². The van der Waals surface area contributed by atoms with Crippen LogP contribution in [0.15, 0.2) is 53.4 Å². The zero-order valence-corrected chi connectivity index (χ0v) is 21.3. The molecular weight excluding hydrogens is 489 g/mol. The molecule has 3 aromatic carbocycles. The molecule has 0 N–H and O–H groups in total. The summed E-state index contributed by atoms with van der Waals surface area (Å²) < 4.78 is 47.3. The van der Waals surface area contributed by atoms with Crippen molar-refractivity contribution in [1.82, 2.24) is 4.90 Å². The molecule has 0 saturated heterocycles. The second kappa shape index (κ2) is 10.1. The maximum Gasteiger partial charge on any atom is 0.417 e. The van der Waals surface area contributed by atoms with Crippen molar-refractivity contribution in [2.24, 2.45) is 0 Å². The smallest absolute Gasteiger partial charge is 0.417 e. The molecule has 3 aromatic rings. The molecule has 0 saturated carbocycles. The number of ether oxygens (including phenoxy) is 1. The van der Waals surface area contributed by atoms with Crippen LogP contribution in [0.5, 0.6) is 23.0 Å². The van der Waals surface area contributed by atoms with Crippen molar-refractivity contribution in [3.8, 4) is 23.0 Å². The quantitative estimate of drug-likeness (QED) is 0.398. The molecule has 0 bridgehead atoms. The third kappa shape index (κ3) is 4.72. The van der Waals surface area contributed by atoms with Gasteiger partial charge in [0.25, 0.3) is 0 Å². The van der Waals surface area contributed by atoms with Crippen molar-refractivity contribution in [3.63, 3.8) is 0 Å². The van der Waals surface area contributed by atoms with E-state index in [-0.39, 0.29) is 11.9 Å². The molecule has 9 heteroatoms. The van der Waals surface area contributed by atoms with Gasteiger partial charge in [-0.1, -0.05) is 19.9 Å². The van der Waals surface area contributed by atoms with Crippen LogP contribution in [-0.4, -0.2) is 22.8 Å². The molecule has 2 atom stereocenters. The molecule has 2 unspecified atom stereocenters. The number of hydrogen-bond acceptors (Lipinski definition) is 7. The fraction of sp³-hybridized carbons (Fsp3) is 0.308. The molecule has 3 aliphatic heterocycles. The second-order valence-corrected chi connectivity index (χ2v) is 9.75. The Kier molecular flexibility index (Phi) is 6.91. The number of nitrogens with zero attached hydrogens (tertiary/aromatic N) is 1. The number of fused-ring (bicyclic) bond motifs is 5. The molecule has 3 aliphatic rings. The molecule has 6 rings (SSSR count). The highest BCUT2D eigenvalue weighted by molar-refractivity contribution is 7.95. The van der Waals surface area contributed by atoms with Crippen molar-refractivity contribution >= 4 is 23.4 Å². The third-order valence-corrected chi connectivity index (χ3v) is 7.63. The van der Waals surface area contributed by atoms with Gasteiger partial charge in [-0.25, -0.2) is 4.39 Å². The number of hydrogen-bond donors (Lipinski definition) is 0. The summed E-state index contributed by atoms with van der Waals surface area (Å²) in [5.41, 5.74) is 4.77. The number of halogens is 1. The summed E-state index contributed by atoms with van der Waals surface area (Å²) in [4.78, 5) is 3.13. The van der Waals surface area contributed by atoms with Crippen LogP contribution in [0.4, 0.5) is 4.39 Å². The first-order valence-corrected chi connectivity index (χ1v) is 13.3. The van der Waals surface area contributed by atoms with Crippen molar-refractivity contribution in [1.29, 1.82) is 0 Å². The van der Waals surface area contributed by atoms with Gasteiger partial charge in [0.1, 0.15) is 5.82 Å². The Balaban J connectivity index is 0.00000124. The number of rotatable bonds is 4. The molecule has 6 nitrogen and oxygen atoms in total. The molecule has 184 valence electrons. The summed E-state index contributed by atoms with van der Waals surface area (Å²) in [6.07, 6.45) is 1.70. The van der Waals surface area contributed by atoms with Gasteiger partial charge < -0.3 is 17.3 Å². The second-order valence-electron chi connectivity index (χ2n) is 8.20. The van der Waals surface area contributed by atoms with Gasteiger partial charge in [0.2, 0.25) is 0 Å². The minimum Gasteiger partial charge on any atom is -0.493 e.